The zero-order valence-corrected chi connectivity index (χ0v) is 24.8. The first-order valence-corrected chi connectivity index (χ1v) is 15.2. The van der Waals surface area contributed by atoms with Gasteiger partial charge in [-0.05, 0) is 79.6 Å². The third kappa shape index (κ3) is 5.55. The zero-order chi connectivity index (χ0) is 31.8. The van der Waals surface area contributed by atoms with Crippen molar-refractivity contribution in [1.82, 2.24) is 19.3 Å². The molecule has 2 aromatic carbocycles. The fourth-order valence-corrected chi connectivity index (χ4v) is 5.94. The summed E-state index contributed by atoms with van der Waals surface area (Å²) in [5.74, 6) is -1.07. The molecular formula is C35H30FN7O3. The highest BCUT2D eigenvalue weighted by Crippen LogP contribution is 2.42. The summed E-state index contributed by atoms with van der Waals surface area (Å²) >= 11 is 0. The monoisotopic (exact) mass is 615 g/mol. The highest BCUT2D eigenvalue weighted by Gasteiger charge is 2.31. The molecule has 0 atom stereocenters. The van der Waals surface area contributed by atoms with Gasteiger partial charge in [-0.15, -0.1) is 0 Å². The number of aromatic nitrogens is 4. The van der Waals surface area contributed by atoms with Crippen molar-refractivity contribution in [3.8, 4) is 34.0 Å². The normalized spacial score (nSPS) is 15.0. The van der Waals surface area contributed by atoms with Gasteiger partial charge in [-0.2, -0.15) is 10.4 Å². The standard InChI is InChI=1S/C35H30FN7O3/c36-31-15-24(41-34(44)30-16-28(21-6-7-21)32(17-37)43(35(30)45)26-4-2-1-3-5-26)8-9-27(31)29-14-22(18-39-33(29)38)23-19-40-42(20-23)25-10-12-46-13-11-25/h1-5,8-9,14-16,18-21,25H,6-7,10-13H2,(H2,38,39)(H,41,44). The van der Waals surface area contributed by atoms with E-state index >= 15 is 4.39 Å². The molecule has 230 valence electrons. The zero-order valence-electron chi connectivity index (χ0n) is 24.8. The predicted molar refractivity (Wildman–Crippen MR) is 171 cm³/mol. The number of para-hydroxylation sites is 1. The summed E-state index contributed by atoms with van der Waals surface area (Å²) in [5.41, 5.74) is 9.13. The van der Waals surface area contributed by atoms with E-state index in [1.807, 2.05) is 10.9 Å². The average molecular weight is 616 g/mol. The minimum Gasteiger partial charge on any atom is -0.383 e. The number of nitrogens with zero attached hydrogens (tertiary/aromatic N) is 5. The van der Waals surface area contributed by atoms with Crippen molar-refractivity contribution in [2.45, 2.75) is 37.6 Å². The Morgan fingerprint density at radius 1 is 1.00 bits per heavy atom. The van der Waals surface area contributed by atoms with E-state index in [1.165, 1.54) is 22.8 Å². The number of nitriles is 1. The summed E-state index contributed by atoms with van der Waals surface area (Å²) in [4.78, 5) is 31.4. The first-order valence-electron chi connectivity index (χ1n) is 15.2. The number of halogens is 1. The number of rotatable bonds is 7. The molecule has 2 aliphatic rings. The van der Waals surface area contributed by atoms with E-state index in [1.54, 1.807) is 54.9 Å². The maximum absolute atomic E-state index is 15.6. The van der Waals surface area contributed by atoms with Crippen LogP contribution in [0, 0.1) is 17.1 Å². The highest BCUT2D eigenvalue weighted by molar-refractivity contribution is 6.04. The lowest BCUT2D eigenvalue weighted by atomic mass is 10.0. The number of benzene rings is 2. The molecule has 46 heavy (non-hydrogen) atoms. The molecule has 1 aliphatic heterocycles. The number of hydrogen-bond acceptors (Lipinski definition) is 7. The van der Waals surface area contributed by atoms with E-state index in [-0.39, 0.29) is 40.3 Å². The summed E-state index contributed by atoms with van der Waals surface area (Å²) in [6, 6.07) is 18.7. The number of pyridine rings is 2. The lowest BCUT2D eigenvalue weighted by Gasteiger charge is -2.22. The van der Waals surface area contributed by atoms with E-state index < -0.39 is 17.3 Å². The lowest BCUT2D eigenvalue weighted by Crippen LogP contribution is -2.31. The van der Waals surface area contributed by atoms with E-state index in [2.05, 4.69) is 21.5 Å². The van der Waals surface area contributed by atoms with E-state index in [4.69, 9.17) is 10.5 Å². The molecule has 11 heteroatoms. The first-order chi connectivity index (χ1) is 22.4. The van der Waals surface area contributed by atoms with Crippen LogP contribution in [0.15, 0.2) is 84.0 Å². The predicted octanol–water partition coefficient (Wildman–Crippen LogP) is 5.84. The molecule has 7 rings (SSSR count). The minimum absolute atomic E-state index is 0.0968. The Bertz CT molecular complexity index is 2060. The van der Waals surface area contributed by atoms with Crippen molar-refractivity contribution in [1.29, 1.82) is 5.26 Å². The van der Waals surface area contributed by atoms with Crippen LogP contribution in [0.25, 0.3) is 27.9 Å². The van der Waals surface area contributed by atoms with E-state index in [9.17, 15) is 14.9 Å². The number of hydrogen-bond donors (Lipinski definition) is 2. The number of nitrogen functional groups attached to an aromatic ring is 1. The summed E-state index contributed by atoms with van der Waals surface area (Å²) < 4.78 is 24.3. The number of carbonyl (C=O) groups is 1. The van der Waals surface area contributed by atoms with Crippen LogP contribution < -0.4 is 16.6 Å². The third-order valence-electron chi connectivity index (χ3n) is 8.55. The van der Waals surface area contributed by atoms with Crippen LogP contribution in [-0.2, 0) is 4.74 Å². The van der Waals surface area contributed by atoms with Crippen LogP contribution in [0.4, 0.5) is 15.9 Å². The van der Waals surface area contributed by atoms with Crippen LogP contribution in [0.2, 0.25) is 0 Å². The van der Waals surface area contributed by atoms with Gasteiger partial charge in [0.25, 0.3) is 11.5 Å². The van der Waals surface area contributed by atoms with Crippen molar-refractivity contribution >= 4 is 17.4 Å². The Labute approximate surface area is 263 Å². The van der Waals surface area contributed by atoms with Gasteiger partial charge in [0, 0.05) is 59.2 Å². The van der Waals surface area contributed by atoms with Crippen LogP contribution in [0.5, 0.6) is 0 Å². The molecule has 10 nitrogen and oxygen atoms in total. The van der Waals surface area contributed by atoms with E-state index in [0.717, 1.165) is 36.8 Å². The molecule has 3 aromatic heterocycles. The number of nitrogens with two attached hydrogens (primary N) is 1. The van der Waals surface area contributed by atoms with Gasteiger partial charge in [-0.3, -0.25) is 18.8 Å². The molecule has 5 aromatic rings. The summed E-state index contributed by atoms with van der Waals surface area (Å²) in [5, 5.41) is 17.2. The van der Waals surface area contributed by atoms with Crippen LogP contribution in [-0.4, -0.2) is 38.5 Å². The quantitative estimate of drug-likeness (QED) is 0.234. The molecule has 1 aliphatic carbocycles. The number of anilines is 2. The molecule has 0 radical (unpaired) electrons. The van der Waals surface area contributed by atoms with Crippen molar-refractivity contribution in [2.75, 3.05) is 24.3 Å². The fourth-order valence-electron chi connectivity index (χ4n) is 5.94. The summed E-state index contributed by atoms with van der Waals surface area (Å²) in [7, 11) is 0. The number of ether oxygens (including phenoxy) is 1. The largest absolute Gasteiger partial charge is 0.383 e. The molecule has 2 fully saturated rings. The number of amides is 1. The van der Waals surface area contributed by atoms with Gasteiger partial charge in [-0.25, -0.2) is 9.37 Å². The molecule has 1 amide bonds. The summed E-state index contributed by atoms with van der Waals surface area (Å²) in [6.45, 7) is 1.40. The molecule has 4 heterocycles. The van der Waals surface area contributed by atoms with Crippen molar-refractivity contribution in [3.63, 3.8) is 0 Å². The Morgan fingerprint density at radius 3 is 2.50 bits per heavy atom. The Kier molecular flexibility index (Phi) is 7.64. The van der Waals surface area contributed by atoms with Gasteiger partial charge in [0.2, 0.25) is 0 Å². The van der Waals surface area contributed by atoms with Gasteiger partial charge >= 0.3 is 0 Å². The average Bonchev–Trinajstić information content (AvgIpc) is 3.81. The van der Waals surface area contributed by atoms with Gasteiger partial charge in [0.05, 0.1) is 12.2 Å². The molecule has 0 spiro atoms. The van der Waals surface area contributed by atoms with Crippen molar-refractivity contribution in [3.05, 3.63) is 112 Å². The maximum Gasteiger partial charge on any atom is 0.269 e. The molecular weight excluding hydrogens is 585 g/mol. The molecule has 1 saturated carbocycles. The van der Waals surface area contributed by atoms with Gasteiger partial charge < -0.3 is 15.8 Å². The van der Waals surface area contributed by atoms with Gasteiger partial charge in [0.1, 0.15) is 29.0 Å². The van der Waals surface area contributed by atoms with Gasteiger partial charge in [-0.1, -0.05) is 18.2 Å². The number of carbonyl (C=O) groups excluding carboxylic acids is 1. The Morgan fingerprint density at radius 2 is 1.78 bits per heavy atom. The Hall–Kier alpha value is -5.60. The van der Waals surface area contributed by atoms with E-state index in [0.29, 0.717) is 30.0 Å². The second-order valence-electron chi connectivity index (χ2n) is 11.6. The minimum atomic E-state index is -0.696. The van der Waals surface area contributed by atoms with Crippen LogP contribution in [0.3, 0.4) is 0 Å². The highest BCUT2D eigenvalue weighted by atomic mass is 19.1. The molecule has 1 saturated heterocycles. The Balaban J connectivity index is 1.17. The third-order valence-corrected chi connectivity index (χ3v) is 8.55. The fraction of sp³-hybridized carbons (Fsp3) is 0.229. The van der Waals surface area contributed by atoms with Crippen molar-refractivity contribution in [2.24, 2.45) is 0 Å². The SMILES string of the molecule is N#Cc1c(C2CC2)cc(C(=O)Nc2ccc(-c3cc(-c4cnn(C5CCOCC5)c4)cnc3N)c(F)c2)c(=O)n1-c1ccccc1. The van der Waals surface area contributed by atoms with Crippen molar-refractivity contribution < 1.29 is 13.9 Å². The maximum atomic E-state index is 15.6. The van der Waals surface area contributed by atoms with Crippen LogP contribution in [0.1, 0.15) is 59.3 Å². The summed E-state index contributed by atoms with van der Waals surface area (Å²) in [6.07, 6.45) is 8.84. The first kappa shape index (κ1) is 29.1. The molecule has 3 N–H and O–H groups in total. The molecule has 0 unspecified atom stereocenters. The second kappa shape index (κ2) is 12.1. The second-order valence-corrected chi connectivity index (χ2v) is 11.6. The number of nitrogens with one attached hydrogen (secondary N) is 1. The smallest absolute Gasteiger partial charge is 0.269 e. The lowest BCUT2D eigenvalue weighted by molar-refractivity contribution is 0.0662. The topological polar surface area (TPSA) is 141 Å². The van der Waals surface area contributed by atoms with Crippen LogP contribution >= 0.6 is 0 Å². The molecule has 0 bridgehead atoms. The van der Waals surface area contributed by atoms with Gasteiger partial charge in [0.15, 0.2) is 0 Å².